The minimum Gasteiger partial charge on any atom is -0.342 e. The molecule has 6 nitrogen and oxygen atoms in total. The first kappa shape index (κ1) is 22.7. The molecule has 0 N–H and O–H groups in total. The molecule has 1 spiro atoms. The molecule has 1 aromatic heterocycles. The smallest absolute Gasteiger partial charge is 0.298 e. The van der Waals surface area contributed by atoms with E-state index in [0.717, 1.165) is 42.8 Å². The van der Waals surface area contributed by atoms with Gasteiger partial charge >= 0.3 is 0 Å². The van der Waals surface area contributed by atoms with E-state index in [1.807, 2.05) is 62.5 Å². The van der Waals surface area contributed by atoms with Crippen LogP contribution in [0.1, 0.15) is 36.1 Å². The fourth-order valence-corrected chi connectivity index (χ4v) is 6.10. The van der Waals surface area contributed by atoms with Gasteiger partial charge in [0.05, 0.1) is 12.5 Å². The number of thiophene rings is 1. The van der Waals surface area contributed by atoms with E-state index in [2.05, 4.69) is 11.8 Å². The number of rotatable bonds is 3. The third-order valence-electron chi connectivity index (χ3n) is 7.44. The van der Waals surface area contributed by atoms with E-state index in [1.54, 1.807) is 11.3 Å². The summed E-state index contributed by atoms with van der Waals surface area (Å²) in [6.45, 7) is 3.96. The van der Waals surface area contributed by atoms with Crippen molar-refractivity contribution in [3.05, 3.63) is 58.3 Å². The molecule has 3 aliphatic rings. The van der Waals surface area contributed by atoms with E-state index in [0.29, 0.717) is 32.6 Å². The number of piperidine rings is 1. The maximum absolute atomic E-state index is 13.2. The number of amides is 3. The molecule has 0 radical (unpaired) electrons. The summed E-state index contributed by atoms with van der Waals surface area (Å²) in [5.74, 6) is 5.55. The third-order valence-corrected chi connectivity index (χ3v) is 8.30. The Morgan fingerprint density at radius 3 is 2.44 bits per heavy atom. The highest BCUT2D eigenvalue weighted by atomic mass is 32.1. The Labute approximate surface area is 204 Å². The number of benzene rings is 1. The molecule has 3 saturated heterocycles. The number of likely N-dealkylation sites (tertiary alicyclic amines) is 3. The van der Waals surface area contributed by atoms with Crippen LogP contribution in [0.25, 0.3) is 0 Å². The lowest BCUT2D eigenvalue weighted by atomic mass is 9.77. The minimum absolute atomic E-state index is 0.0732. The summed E-state index contributed by atoms with van der Waals surface area (Å²) < 4.78 is 0. The highest BCUT2D eigenvalue weighted by molar-refractivity contribution is 7.09. The molecule has 1 aromatic carbocycles. The summed E-state index contributed by atoms with van der Waals surface area (Å²) in [5.41, 5.74) is 0.923. The Hall–Kier alpha value is -3.11. The predicted octanol–water partition coefficient (Wildman–Crippen LogP) is 2.99. The average molecular weight is 476 g/mol. The summed E-state index contributed by atoms with van der Waals surface area (Å²) in [7, 11) is 0. The van der Waals surface area contributed by atoms with Gasteiger partial charge in [-0.25, -0.2) is 0 Å². The van der Waals surface area contributed by atoms with Crippen LogP contribution in [0.5, 0.6) is 0 Å². The molecule has 5 rings (SSSR count). The van der Waals surface area contributed by atoms with Crippen molar-refractivity contribution in [2.45, 2.75) is 32.2 Å². The largest absolute Gasteiger partial charge is 0.342 e. The van der Waals surface area contributed by atoms with Crippen LogP contribution in [0.4, 0.5) is 0 Å². The second kappa shape index (κ2) is 9.63. The molecule has 0 bridgehead atoms. The zero-order valence-corrected chi connectivity index (χ0v) is 20.1. The number of hydrogen-bond donors (Lipinski definition) is 0. The van der Waals surface area contributed by atoms with Crippen molar-refractivity contribution in [3.8, 4) is 11.8 Å². The van der Waals surface area contributed by atoms with Gasteiger partial charge in [-0.2, -0.15) is 0 Å². The van der Waals surface area contributed by atoms with Gasteiger partial charge in [-0.05, 0) is 48.3 Å². The van der Waals surface area contributed by atoms with Gasteiger partial charge in [0.15, 0.2) is 0 Å². The van der Waals surface area contributed by atoms with E-state index in [1.165, 1.54) is 0 Å². The maximum Gasteiger partial charge on any atom is 0.298 e. The van der Waals surface area contributed by atoms with Crippen molar-refractivity contribution >= 4 is 29.1 Å². The van der Waals surface area contributed by atoms with Crippen molar-refractivity contribution in [2.24, 2.45) is 11.3 Å². The van der Waals surface area contributed by atoms with Gasteiger partial charge in [-0.1, -0.05) is 30.2 Å². The summed E-state index contributed by atoms with van der Waals surface area (Å²) in [5, 5.41) is 2.01. The molecule has 3 aliphatic heterocycles. The number of carbonyl (C=O) groups excluding carboxylic acids is 3. The zero-order chi connectivity index (χ0) is 23.5. The van der Waals surface area contributed by atoms with E-state index in [4.69, 9.17) is 0 Å². The van der Waals surface area contributed by atoms with Crippen LogP contribution in [0.15, 0.2) is 47.8 Å². The molecule has 7 heteroatoms. The van der Waals surface area contributed by atoms with Crippen LogP contribution < -0.4 is 0 Å². The maximum atomic E-state index is 13.2. The molecular weight excluding hydrogens is 446 g/mol. The molecule has 3 fully saturated rings. The Bertz CT molecular complexity index is 1110. The number of hydrogen-bond acceptors (Lipinski definition) is 4. The second-order valence-corrected chi connectivity index (χ2v) is 10.7. The van der Waals surface area contributed by atoms with Gasteiger partial charge in [-0.15, -0.1) is 11.3 Å². The molecule has 0 aliphatic carbocycles. The Morgan fingerprint density at radius 2 is 1.74 bits per heavy atom. The van der Waals surface area contributed by atoms with Crippen LogP contribution >= 0.6 is 11.3 Å². The zero-order valence-electron chi connectivity index (χ0n) is 19.2. The van der Waals surface area contributed by atoms with Crippen LogP contribution in [-0.2, 0) is 20.9 Å². The van der Waals surface area contributed by atoms with Crippen LogP contribution in [-0.4, -0.2) is 65.1 Å². The predicted molar refractivity (Wildman–Crippen MR) is 131 cm³/mol. The summed E-state index contributed by atoms with van der Waals surface area (Å²) in [6.07, 6.45) is 3.07. The Balaban J connectivity index is 1.13. The Morgan fingerprint density at radius 1 is 1.00 bits per heavy atom. The van der Waals surface area contributed by atoms with Gasteiger partial charge in [0.2, 0.25) is 11.8 Å². The standard InChI is InChI=1S/C27H29N3O3S/c31-24(9-8-21-5-2-1-3-6-21)28-13-10-27(11-14-28)12-15-29(20-27)26(33)22-17-25(32)30(18-22)19-23-7-4-16-34-23/h1-7,16,22H,10-15,17-20H2. The van der Waals surface area contributed by atoms with Gasteiger partial charge in [0.25, 0.3) is 5.91 Å². The van der Waals surface area contributed by atoms with E-state index in [9.17, 15) is 14.4 Å². The summed E-state index contributed by atoms with van der Waals surface area (Å²) in [4.78, 5) is 45.0. The second-order valence-electron chi connectivity index (χ2n) is 9.67. The molecule has 2 aromatic rings. The summed E-state index contributed by atoms with van der Waals surface area (Å²) >= 11 is 1.64. The first-order valence-corrected chi connectivity index (χ1v) is 12.8. The van der Waals surface area contributed by atoms with Gasteiger partial charge in [0.1, 0.15) is 0 Å². The molecule has 4 heterocycles. The lowest BCUT2D eigenvalue weighted by Crippen LogP contribution is -2.45. The fourth-order valence-electron chi connectivity index (χ4n) is 5.38. The normalized spacial score (nSPS) is 21.6. The van der Waals surface area contributed by atoms with Crippen molar-refractivity contribution in [3.63, 3.8) is 0 Å². The highest BCUT2D eigenvalue weighted by Crippen LogP contribution is 2.41. The quantitative estimate of drug-likeness (QED) is 0.642. The lowest BCUT2D eigenvalue weighted by molar-refractivity contribution is -0.135. The lowest BCUT2D eigenvalue weighted by Gasteiger charge is -2.38. The van der Waals surface area contributed by atoms with Crippen LogP contribution in [0.3, 0.4) is 0 Å². The molecule has 1 unspecified atom stereocenters. The minimum atomic E-state index is -0.238. The Kier molecular flexibility index (Phi) is 6.42. The van der Waals surface area contributed by atoms with Gasteiger partial charge in [0, 0.05) is 55.5 Å². The first-order valence-electron chi connectivity index (χ1n) is 12.0. The van der Waals surface area contributed by atoms with Gasteiger partial charge < -0.3 is 14.7 Å². The SMILES string of the molecule is O=C(C#Cc1ccccc1)N1CCC2(CC1)CCN(C(=O)C1CC(=O)N(Cc3cccs3)C1)C2. The van der Waals surface area contributed by atoms with Crippen molar-refractivity contribution in [2.75, 3.05) is 32.7 Å². The van der Waals surface area contributed by atoms with E-state index < -0.39 is 0 Å². The average Bonchev–Trinajstić information content (AvgIpc) is 3.60. The fraction of sp³-hybridized carbons (Fsp3) is 0.444. The van der Waals surface area contributed by atoms with Crippen LogP contribution in [0.2, 0.25) is 0 Å². The van der Waals surface area contributed by atoms with E-state index >= 15 is 0 Å². The van der Waals surface area contributed by atoms with Crippen molar-refractivity contribution in [1.82, 2.24) is 14.7 Å². The molecular formula is C27H29N3O3S. The summed E-state index contributed by atoms with van der Waals surface area (Å²) in [6, 6.07) is 13.6. The van der Waals surface area contributed by atoms with E-state index in [-0.39, 0.29) is 29.1 Å². The van der Waals surface area contributed by atoms with Crippen molar-refractivity contribution < 1.29 is 14.4 Å². The number of nitrogens with zero attached hydrogens (tertiary/aromatic N) is 3. The topological polar surface area (TPSA) is 60.9 Å². The molecule has 34 heavy (non-hydrogen) atoms. The monoisotopic (exact) mass is 475 g/mol. The first-order chi connectivity index (χ1) is 16.5. The van der Waals surface area contributed by atoms with Crippen LogP contribution in [0, 0.1) is 23.2 Å². The molecule has 3 amide bonds. The molecule has 176 valence electrons. The third kappa shape index (κ3) is 4.88. The van der Waals surface area contributed by atoms with Gasteiger partial charge in [-0.3, -0.25) is 14.4 Å². The number of carbonyl (C=O) groups is 3. The van der Waals surface area contributed by atoms with Crippen molar-refractivity contribution in [1.29, 1.82) is 0 Å². The highest BCUT2D eigenvalue weighted by Gasteiger charge is 2.45. The molecule has 0 saturated carbocycles. The molecule has 1 atom stereocenters.